The van der Waals surface area contributed by atoms with Gasteiger partial charge in [-0.25, -0.2) is 0 Å². The van der Waals surface area contributed by atoms with E-state index in [2.05, 4.69) is 27.0 Å². The van der Waals surface area contributed by atoms with Gasteiger partial charge in [0, 0.05) is 19.1 Å². The van der Waals surface area contributed by atoms with Crippen LogP contribution < -0.4 is 0 Å². The first kappa shape index (κ1) is 28.4. The Hall–Kier alpha value is -0.600. The van der Waals surface area contributed by atoms with Crippen LogP contribution in [0.2, 0.25) is 0 Å². The van der Waals surface area contributed by atoms with Crippen LogP contribution in [-0.4, -0.2) is 25.9 Å². The lowest BCUT2D eigenvalue weighted by Gasteiger charge is -2.27. The molecular weight excluding hydrogens is 356 g/mol. The molecule has 29 heavy (non-hydrogen) atoms. The summed E-state index contributed by atoms with van der Waals surface area (Å²) in [4.78, 5) is 0. The van der Waals surface area contributed by atoms with Crippen LogP contribution in [0.3, 0.4) is 0 Å². The first-order valence-electron chi connectivity index (χ1n) is 12.7. The molecule has 0 aromatic carbocycles. The maximum atomic E-state index is 6.42. The predicted octanol–water partition coefficient (Wildman–Crippen LogP) is 8.66. The number of hydrogen-bond donors (Lipinski definition) is 0. The highest BCUT2D eigenvalue weighted by molar-refractivity contribution is 4.72. The zero-order chi connectivity index (χ0) is 21.4. The third-order valence-electron chi connectivity index (χ3n) is 5.69. The molecule has 2 heteroatoms. The molecule has 0 radical (unpaired) electrons. The van der Waals surface area contributed by atoms with E-state index in [0.29, 0.717) is 12.0 Å². The third-order valence-corrected chi connectivity index (χ3v) is 5.69. The SMILES string of the molecule is C=CCCCCCCCOC(CCC)C(CCCCCCC=C)COCCCC. The average molecular weight is 409 g/mol. The summed E-state index contributed by atoms with van der Waals surface area (Å²) in [6, 6.07) is 0. The Morgan fingerprint density at radius 3 is 1.90 bits per heavy atom. The molecule has 0 aliphatic carbocycles. The molecule has 0 rings (SSSR count). The Kier molecular flexibility index (Phi) is 23.2. The van der Waals surface area contributed by atoms with Crippen LogP contribution in [0, 0.1) is 5.92 Å². The molecule has 0 spiro atoms. The van der Waals surface area contributed by atoms with Gasteiger partial charge < -0.3 is 9.47 Å². The standard InChI is InChI=1S/C27H52O2/c1-5-9-12-14-16-18-20-24-29-27(21-8-4)26(25-28-23-11-7-3)22-19-17-15-13-10-6-2/h5-6,26-27H,1-2,7-25H2,3-4H3. The summed E-state index contributed by atoms with van der Waals surface area (Å²) in [7, 11) is 0. The van der Waals surface area contributed by atoms with Crippen molar-refractivity contribution in [3.63, 3.8) is 0 Å². The number of ether oxygens (including phenoxy) is 2. The number of rotatable bonds is 24. The van der Waals surface area contributed by atoms with E-state index in [1.165, 1.54) is 83.5 Å². The predicted molar refractivity (Wildman–Crippen MR) is 130 cm³/mol. The van der Waals surface area contributed by atoms with Crippen LogP contribution >= 0.6 is 0 Å². The fourth-order valence-electron chi connectivity index (χ4n) is 3.80. The fourth-order valence-corrected chi connectivity index (χ4v) is 3.80. The van der Waals surface area contributed by atoms with Crippen LogP contribution in [0.5, 0.6) is 0 Å². The topological polar surface area (TPSA) is 18.5 Å². The maximum Gasteiger partial charge on any atom is 0.0625 e. The molecule has 0 aromatic rings. The number of hydrogen-bond acceptors (Lipinski definition) is 2. The van der Waals surface area contributed by atoms with Crippen molar-refractivity contribution in [1.82, 2.24) is 0 Å². The molecule has 0 bridgehead atoms. The fraction of sp³-hybridized carbons (Fsp3) is 0.852. The van der Waals surface area contributed by atoms with Crippen molar-refractivity contribution in [1.29, 1.82) is 0 Å². The largest absolute Gasteiger partial charge is 0.381 e. The van der Waals surface area contributed by atoms with E-state index in [4.69, 9.17) is 9.47 Å². The Morgan fingerprint density at radius 2 is 1.28 bits per heavy atom. The van der Waals surface area contributed by atoms with E-state index in [1.54, 1.807) is 0 Å². The summed E-state index contributed by atoms with van der Waals surface area (Å²) >= 11 is 0. The lowest BCUT2D eigenvalue weighted by Crippen LogP contribution is -2.29. The van der Waals surface area contributed by atoms with Gasteiger partial charge >= 0.3 is 0 Å². The highest BCUT2D eigenvalue weighted by atomic mass is 16.5. The maximum absolute atomic E-state index is 6.42. The molecule has 0 saturated carbocycles. The van der Waals surface area contributed by atoms with Crippen molar-refractivity contribution in [2.75, 3.05) is 19.8 Å². The minimum Gasteiger partial charge on any atom is -0.381 e. The summed E-state index contributed by atoms with van der Waals surface area (Å²) in [5, 5.41) is 0. The summed E-state index contributed by atoms with van der Waals surface area (Å²) in [5.74, 6) is 0.554. The van der Waals surface area contributed by atoms with E-state index in [0.717, 1.165) is 39.1 Å². The van der Waals surface area contributed by atoms with Gasteiger partial charge in [-0.15, -0.1) is 13.2 Å². The van der Waals surface area contributed by atoms with Gasteiger partial charge in [0.1, 0.15) is 0 Å². The Morgan fingerprint density at radius 1 is 0.655 bits per heavy atom. The van der Waals surface area contributed by atoms with Crippen LogP contribution in [0.25, 0.3) is 0 Å². The quantitative estimate of drug-likeness (QED) is 0.117. The summed E-state index contributed by atoms with van der Waals surface area (Å²) in [6.45, 7) is 14.8. The van der Waals surface area contributed by atoms with Crippen molar-refractivity contribution in [3.8, 4) is 0 Å². The molecular formula is C27H52O2. The molecule has 0 aliphatic rings. The van der Waals surface area contributed by atoms with Crippen LogP contribution in [0.1, 0.15) is 117 Å². The van der Waals surface area contributed by atoms with Gasteiger partial charge in [0.2, 0.25) is 0 Å². The molecule has 0 amide bonds. The van der Waals surface area contributed by atoms with Crippen molar-refractivity contribution in [2.24, 2.45) is 5.92 Å². The molecule has 2 nitrogen and oxygen atoms in total. The van der Waals surface area contributed by atoms with Gasteiger partial charge in [0.15, 0.2) is 0 Å². The van der Waals surface area contributed by atoms with E-state index in [9.17, 15) is 0 Å². The number of unbranched alkanes of at least 4 members (excludes halogenated alkanes) is 10. The van der Waals surface area contributed by atoms with Gasteiger partial charge in [-0.05, 0) is 51.4 Å². The monoisotopic (exact) mass is 408 g/mol. The van der Waals surface area contributed by atoms with E-state index in [-0.39, 0.29) is 0 Å². The third kappa shape index (κ3) is 19.1. The minimum absolute atomic E-state index is 0.371. The molecule has 2 atom stereocenters. The molecule has 0 N–H and O–H groups in total. The van der Waals surface area contributed by atoms with Gasteiger partial charge in [-0.3, -0.25) is 0 Å². The zero-order valence-corrected chi connectivity index (χ0v) is 20.0. The lowest BCUT2D eigenvalue weighted by molar-refractivity contribution is -0.0323. The number of allylic oxidation sites excluding steroid dienone is 2. The van der Waals surface area contributed by atoms with Gasteiger partial charge in [0.25, 0.3) is 0 Å². The van der Waals surface area contributed by atoms with E-state index >= 15 is 0 Å². The lowest BCUT2D eigenvalue weighted by atomic mass is 9.92. The van der Waals surface area contributed by atoms with Crippen LogP contribution in [-0.2, 0) is 9.47 Å². The smallest absolute Gasteiger partial charge is 0.0625 e. The van der Waals surface area contributed by atoms with Crippen LogP contribution in [0.4, 0.5) is 0 Å². The highest BCUT2D eigenvalue weighted by Crippen LogP contribution is 2.22. The summed E-state index contributed by atoms with van der Waals surface area (Å²) < 4.78 is 12.5. The Balaban J connectivity index is 4.27. The summed E-state index contributed by atoms with van der Waals surface area (Å²) in [5.41, 5.74) is 0. The van der Waals surface area contributed by atoms with Crippen LogP contribution in [0.15, 0.2) is 25.3 Å². The first-order chi connectivity index (χ1) is 14.3. The summed E-state index contributed by atoms with van der Waals surface area (Å²) in [6.07, 6.45) is 24.3. The molecule has 0 fully saturated rings. The average Bonchev–Trinajstić information content (AvgIpc) is 2.73. The minimum atomic E-state index is 0.371. The van der Waals surface area contributed by atoms with Crippen molar-refractivity contribution < 1.29 is 9.47 Å². The second-order valence-corrected chi connectivity index (χ2v) is 8.51. The van der Waals surface area contributed by atoms with Crippen molar-refractivity contribution in [3.05, 3.63) is 25.3 Å². The van der Waals surface area contributed by atoms with Gasteiger partial charge in [-0.2, -0.15) is 0 Å². The molecule has 0 aliphatic heterocycles. The Bertz CT molecular complexity index is 339. The zero-order valence-electron chi connectivity index (χ0n) is 20.0. The molecule has 0 saturated heterocycles. The second kappa shape index (κ2) is 23.7. The van der Waals surface area contributed by atoms with Gasteiger partial charge in [-0.1, -0.05) is 77.4 Å². The van der Waals surface area contributed by atoms with E-state index < -0.39 is 0 Å². The van der Waals surface area contributed by atoms with E-state index in [1.807, 2.05) is 12.2 Å². The molecule has 0 heterocycles. The molecule has 172 valence electrons. The van der Waals surface area contributed by atoms with Crippen molar-refractivity contribution in [2.45, 2.75) is 123 Å². The molecule has 2 unspecified atom stereocenters. The normalized spacial score (nSPS) is 13.3. The first-order valence-corrected chi connectivity index (χ1v) is 12.7. The highest BCUT2D eigenvalue weighted by Gasteiger charge is 2.21. The Labute approximate surface area is 183 Å². The van der Waals surface area contributed by atoms with Crippen molar-refractivity contribution >= 4 is 0 Å². The van der Waals surface area contributed by atoms with Gasteiger partial charge in [0.05, 0.1) is 12.7 Å². The molecule has 0 aromatic heterocycles. The second-order valence-electron chi connectivity index (χ2n) is 8.51.